The zero-order valence-electron chi connectivity index (χ0n) is 16.3. The second kappa shape index (κ2) is 9.87. The number of hydrogen-bond donors (Lipinski definition) is 1. The highest BCUT2D eigenvalue weighted by Crippen LogP contribution is 2.22. The summed E-state index contributed by atoms with van der Waals surface area (Å²) in [5.74, 6) is 0.0415. The number of carbonyl (C=O) groups is 2. The number of anilines is 1. The largest absolute Gasteiger partial charge is 0.339 e. The Hall–Kier alpha value is -2.14. The van der Waals surface area contributed by atoms with Crippen LogP contribution in [0.25, 0.3) is 0 Å². The third-order valence-electron chi connectivity index (χ3n) is 5.28. The lowest BCUT2D eigenvalue weighted by Gasteiger charge is -2.31. The lowest BCUT2D eigenvalue weighted by atomic mass is 9.95. The van der Waals surface area contributed by atoms with Crippen LogP contribution in [0, 0.1) is 5.92 Å². The number of carbonyl (C=O) groups excluding carboxylic acids is 2. The summed E-state index contributed by atoms with van der Waals surface area (Å²) in [6.07, 6.45) is 4.84. The van der Waals surface area contributed by atoms with Gasteiger partial charge in [-0.15, -0.1) is 0 Å². The second-order valence-electron chi connectivity index (χ2n) is 7.36. The third kappa shape index (κ3) is 5.44. The molecule has 1 heterocycles. The molecule has 2 aromatic carbocycles. The molecule has 0 bridgehead atoms. The second-order valence-corrected chi connectivity index (χ2v) is 8.28. The summed E-state index contributed by atoms with van der Waals surface area (Å²) >= 11 is 3.39. The Labute approximate surface area is 175 Å². The van der Waals surface area contributed by atoms with E-state index in [-0.39, 0.29) is 17.7 Å². The number of benzene rings is 2. The van der Waals surface area contributed by atoms with Crippen LogP contribution >= 0.6 is 15.9 Å². The van der Waals surface area contributed by atoms with Crippen LogP contribution in [0.2, 0.25) is 0 Å². The molecule has 3 rings (SSSR count). The minimum atomic E-state index is -0.0475. The molecule has 1 aliphatic heterocycles. The average Bonchev–Trinajstić information content (AvgIpc) is 2.73. The van der Waals surface area contributed by atoms with Crippen molar-refractivity contribution >= 4 is 33.4 Å². The maximum absolute atomic E-state index is 12.6. The smallest absolute Gasteiger partial charge is 0.253 e. The van der Waals surface area contributed by atoms with Crippen molar-refractivity contribution < 1.29 is 9.59 Å². The van der Waals surface area contributed by atoms with E-state index < -0.39 is 0 Å². The van der Waals surface area contributed by atoms with Crippen molar-refractivity contribution in [3.63, 3.8) is 0 Å². The Morgan fingerprint density at radius 2 is 1.68 bits per heavy atom. The number of nitrogens with one attached hydrogen (secondary N) is 1. The molecule has 28 heavy (non-hydrogen) atoms. The maximum atomic E-state index is 12.6. The van der Waals surface area contributed by atoms with Gasteiger partial charge in [0.15, 0.2) is 0 Å². The van der Waals surface area contributed by atoms with Gasteiger partial charge in [0.1, 0.15) is 0 Å². The molecule has 2 amide bonds. The number of unbranched alkanes of at least 4 members (excludes halogenated alkanes) is 1. The number of nitrogens with zero attached hydrogens (tertiary/aromatic N) is 1. The predicted molar refractivity (Wildman–Crippen MR) is 116 cm³/mol. The first-order chi connectivity index (χ1) is 13.6. The summed E-state index contributed by atoms with van der Waals surface area (Å²) in [5.41, 5.74) is 2.84. The van der Waals surface area contributed by atoms with Crippen LogP contribution in [0.3, 0.4) is 0 Å². The molecular weight excluding hydrogens is 416 g/mol. The highest BCUT2D eigenvalue weighted by Gasteiger charge is 2.27. The van der Waals surface area contributed by atoms with Crippen LogP contribution in [-0.4, -0.2) is 29.8 Å². The van der Waals surface area contributed by atoms with Crippen molar-refractivity contribution in [2.24, 2.45) is 5.92 Å². The Balaban J connectivity index is 1.49. The molecule has 0 radical (unpaired) electrons. The third-order valence-corrected chi connectivity index (χ3v) is 5.81. The minimum Gasteiger partial charge on any atom is -0.339 e. The number of likely N-dealkylation sites (tertiary alicyclic amines) is 1. The fourth-order valence-corrected chi connectivity index (χ4v) is 3.76. The molecule has 0 saturated carbocycles. The molecule has 4 nitrogen and oxygen atoms in total. The molecule has 0 atom stereocenters. The fourth-order valence-electron chi connectivity index (χ4n) is 3.50. The fraction of sp³-hybridized carbons (Fsp3) is 0.391. The van der Waals surface area contributed by atoms with E-state index in [1.54, 1.807) is 0 Å². The van der Waals surface area contributed by atoms with E-state index in [2.05, 4.69) is 40.3 Å². The van der Waals surface area contributed by atoms with Gasteiger partial charge in [-0.1, -0.05) is 41.4 Å². The first-order valence-electron chi connectivity index (χ1n) is 10.0. The van der Waals surface area contributed by atoms with Gasteiger partial charge in [-0.05, 0) is 67.6 Å². The predicted octanol–water partition coefficient (Wildman–Crippen LogP) is 5.28. The SMILES string of the molecule is CCCCc1ccc(NC(=O)C2CCN(C(=O)c3ccc(Br)cc3)CC2)cc1. The van der Waals surface area contributed by atoms with Gasteiger partial charge in [0.25, 0.3) is 5.91 Å². The maximum Gasteiger partial charge on any atom is 0.253 e. The molecule has 0 aliphatic carbocycles. The van der Waals surface area contributed by atoms with Gasteiger partial charge in [-0.3, -0.25) is 9.59 Å². The number of rotatable bonds is 6. The standard InChI is InChI=1S/C23H27BrN2O2/c1-2-3-4-17-5-11-21(12-6-17)25-22(27)18-13-15-26(16-14-18)23(28)19-7-9-20(24)10-8-19/h5-12,18H,2-4,13-16H2,1H3,(H,25,27). The number of halogens is 1. The highest BCUT2D eigenvalue weighted by atomic mass is 79.9. The van der Waals surface area contributed by atoms with Gasteiger partial charge in [0, 0.05) is 34.7 Å². The number of piperidine rings is 1. The van der Waals surface area contributed by atoms with Gasteiger partial charge in [-0.25, -0.2) is 0 Å². The first-order valence-corrected chi connectivity index (χ1v) is 10.8. The summed E-state index contributed by atoms with van der Waals surface area (Å²) < 4.78 is 0.956. The normalized spacial score (nSPS) is 14.7. The van der Waals surface area contributed by atoms with E-state index in [1.807, 2.05) is 41.3 Å². The topological polar surface area (TPSA) is 49.4 Å². The molecule has 0 unspecified atom stereocenters. The minimum absolute atomic E-state index is 0.0361. The van der Waals surface area contributed by atoms with E-state index in [1.165, 1.54) is 18.4 Å². The zero-order valence-corrected chi connectivity index (χ0v) is 17.9. The number of hydrogen-bond acceptors (Lipinski definition) is 2. The summed E-state index contributed by atoms with van der Waals surface area (Å²) in [6.45, 7) is 3.41. The average molecular weight is 443 g/mol. The van der Waals surface area contributed by atoms with E-state index in [0.717, 1.165) is 16.6 Å². The van der Waals surface area contributed by atoms with Gasteiger partial charge < -0.3 is 10.2 Å². The van der Waals surface area contributed by atoms with Crippen LogP contribution in [0.1, 0.15) is 48.5 Å². The highest BCUT2D eigenvalue weighted by molar-refractivity contribution is 9.10. The first kappa shape index (κ1) is 20.6. The Bertz CT molecular complexity index is 794. The molecule has 148 valence electrons. The number of amides is 2. The van der Waals surface area contributed by atoms with Gasteiger partial charge in [-0.2, -0.15) is 0 Å². The van der Waals surface area contributed by atoms with E-state index in [9.17, 15) is 9.59 Å². The van der Waals surface area contributed by atoms with Crippen molar-refractivity contribution in [3.05, 3.63) is 64.1 Å². The molecular formula is C23H27BrN2O2. The van der Waals surface area contributed by atoms with Gasteiger partial charge in [0.05, 0.1) is 0 Å². The van der Waals surface area contributed by atoms with Crippen LogP contribution < -0.4 is 5.32 Å². The molecule has 5 heteroatoms. The van der Waals surface area contributed by atoms with Crippen molar-refractivity contribution in [1.29, 1.82) is 0 Å². The summed E-state index contributed by atoms with van der Waals surface area (Å²) in [6, 6.07) is 15.5. The quantitative estimate of drug-likeness (QED) is 0.660. The number of aryl methyl sites for hydroxylation is 1. The van der Waals surface area contributed by atoms with E-state index in [0.29, 0.717) is 31.5 Å². The molecule has 1 fully saturated rings. The Morgan fingerprint density at radius 1 is 1.04 bits per heavy atom. The van der Waals surface area contributed by atoms with Crippen LogP contribution in [-0.2, 0) is 11.2 Å². The van der Waals surface area contributed by atoms with Gasteiger partial charge in [0.2, 0.25) is 5.91 Å². The molecule has 0 aromatic heterocycles. The van der Waals surface area contributed by atoms with E-state index >= 15 is 0 Å². The lowest BCUT2D eigenvalue weighted by Crippen LogP contribution is -2.41. The molecule has 1 aliphatic rings. The Kier molecular flexibility index (Phi) is 7.26. The van der Waals surface area contributed by atoms with Crippen molar-refractivity contribution in [2.75, 3.05) is 18.4 Å². The van der Waals surface area contributed by atoms with Gasteiger partial charge >= 0.3 is 0 Å². The molecule has 0 spiro atoms. The zero-order chi connectivity index (χ0) is 19.9. The summed E-state index contributed by atoms with van der Waals surface area (Å²) in [5, 5.41) is 3.03. The summed E-state index contributed by atoms with van der Waals surface area (Å²) in [4.78, 5) is 27.0. The molecule has 1 saturated heterocycles. The lowest BCUT2D eigenvalue weighted by molar-refractivity contribution is -0.121. The molecule has 2 aromatic rings. The monoisotopic (exact) mass is 442 g/mol. The molecule has 1 N–H and O–H groups in total. The van der Waals surface area contributed by atoms with Crippen molar-refractivity contribution in [1.82, 2.24) is 4.90 Å². The van der Waals surface area contributed by atoms with Crippen molar-refractivity contribution in [2.45, 2.75) is 39.0 Å². The van der Waals surface area contributed by atoms with Crippen molar-refractivity contribution in [3.8, 4) is 0 Å². The van der Waals surface area contributed by atoms with Crippen LogP contribution in [0.15, 0.2) is 53.0 Å². The summed E-state index contributed by atoms with van der Waals surface area (Å²) in [7, 11) is 0. The van der Waals surface area contributed by atoms with E-state index in [4.69, 9.17) is 0 Å². The van der Waals surface area contributed by atoms with Crippen LogP contribution in [0.4, 0.5) is 5.69 Å². The van der Waals surface area contributed by atoms with Crippen LogP contribution in [0.5, 0.6) is 0 Å². The Morgan fingerprint density at radius 3 is 2.29 bits per heavy atom.